The Morgan fingerprint density at radius 1 is 1.57 bits per heavy atom. The minimum absolute atomic E-state index is 0.0295. The van der Waals surface area contributed by atoms with Gasteiger partial charge in [0.1, 0.15) is 12.6 Å². The Kier molecular flexibility index (Phi) is 2.85. The van der Waals surface area contributed by atoms with Gasteiger partial charge in [-0.1, -0.05) is 0 Å². The number of rotatable bonds is 2. The van der Waals surface area contributed by atoms with E-state index in [4.69, 9.17) is 21.3 Å². The monoisotopic (exact) mass is 299 g/mol. The summed E-state index contributed by atoms with van der Waals surface area (Å²) in [5.74, 6) is -0.261. The Bertz CT molecular complexity index is 514. The van der Waals surface area contributed by atoms with E-state index < -0.39 is 29.9 Å². The molecule has 3 rings (SSSR count). The topological polar surface area (TPSA) is 171 Å². The maximum atomic E-state index is 10.8. The molecular weight excluding hydrogens is 282 g/mol. The van der Waals surface area contributed by atoms with Crippen LogP contribution in [0.4, 0.5) is 4.79 Å². The van der Waals surface area contributed by atoms with Gasteiger partial charge < -0.3 is 31.1 Å². The van der Waals surface area contributed by atoms with Gasteiger partial charge in [-0.2, -0.15) is 0 Å². The number of ether oxygens (including phenoxy) is 1. The van der Waals surface area contributed by atoms with Gasteiger partial charge in [0, 0.05) is 6.54 Å². The van der Waals surface area contributed by atoms with Crippen molar-refractivity contribution >= 4 is 18.0 Å². The molecule has 4 atom stereocenters. The summed E-state index contributed by atoms with van der Waals surface area (Å²) >= 11 is 0. The molecule has 0 aromatic rings. The van der Waals surface area contributed by atoms with Crippen molar-refractivity contribution in [3.63, 3.8) is 0 Å². The lowest BCUT2D eigenvalue weighted by atomic mass is 9.88. The Morgan fingerprint density at radius 2 is 2.29 bits per heavy atom. The van der Waals surface area contributed by atoms with Crippen LogP contribution in [0.25, 0.3) is 0 Å². The molecule has 0 bridgehead atoms. The Balaban J connectivity index is 1.97. The van der Waals surface area contributed by atoms with Crippen LogP contribution < -0.4 is 16.4 Å². The van der Waals surface area contributed by atoms with Gasteiger partial charge in [0.15, 0.2) is 11.6 Å². The summed E-state index contributed by atoms with van der Waals surface area (Å²) < 4.78 is 4.73. The van der Waals surface area contributed by atoms with Gasteiger partial charge in [0.05, 0.1) is 12.1 Å². The second-order valence-electron chi connectivity index (χ2n) is 5.27. The van der Waals surface area contributed by atoms with Crippen molar-refractivity contribution in [2.24, 2.45) is 5.73 Å². The number of guanidine groups is 2. The molecule has 3 fully saturated rings. The summed E-state index contributed by atoms with van der Waals surface area (Å²) in [6.45, 7) is 0.0854. The first-order valence-corrected chi connectivity index (χ1v) is 6.45. The summed E-state index contributed by atoms with van der Waals surface area (Å²) in [5, 5.41) is 42.6. The van der Waals surface area contributed by atoms with Gasteiger partial charge in [-0.3, -0.25) is 16.0 Å². The lowest BCUT2D eigenvalue weighted by molar-refractivity contribution is -0.140. The second-order valence-corrected chi connectivity index (χ2v) is 5.27. The number of nitrogens with one attached hydrogen (secondary N) is 4. The van der Waals surface area contributed by atoms with Gasteiger partial charge >= 0.3 is 6.09 Å². The molecule has 3 heterocycles. The minimum atomic E-state index is -1.11. The van der Waals surface area contributed by atoms with Crippen molar-refractivity contribution in [1.29, 1.82) is 10.8 Å². The third kappa shape index (κ3) is 1.70. The lowest BCUT2D eigenvalue weighted by Crippen LogP contribution is -2.77. The molecule has 3 saturated heterocycles. The second kappa shape index (κ2) is 4.36. The summed E-state index contributed by atoms with van der Waals surface area (Å²) in [5.41, 5.74) is 3.82. The third-order valence-electron chi connectivity index (χ3n) is 4.25. The van der Waals surface area contributed by atoms with E-state index in [0.717, 1.165) is 0 Å². The van der Waals surface area contributed by atoms with Gasteiger partial charge in [-0.05, 0) is 6.42 Å². The van der Waals surface area contributed by atoms with Gasteiger partial charge in [0.2, 0.25) is 5.96 Å². The van der Waals surface area contributed by atoms with E-state index in [9.17, 15) is 15.1 Å². The Morgan fingerprint density at radius 3 is 2.95 bits per heavy atom. The lowest BCUT2D eigenvalue weighted by Gasteiger charge is -2.51. The summed E-state index contributed by atoms with van der Waals surface area (Å²) in [6, 6.07) is -1.51. The fraction of sp³-hybridized carbons (Fsp3) is 0.700. The average molecular weight is 299 g/mol. The molecule has 0 saturated carbocycles. The number of hydroxylamine groups is 2. The third-order valence-corrected chi connectivity index (χ3v) is 4.25. The molecule has 0 radical (unpaired) electrons. The standard InChI is InChI=1S/C10H17N7O4/c11-7-14-6-4(3-21-9(13)19)17(20)8(12)16-2-1-5(18)10(6,16)15-7/h4-6,12,18,20H,1-3H2,(H2,13,19)(H3,11,14,15)/t4?,5?,6-,10?/m0/s1. The molecule has 3 aliphatic rings. The fourth-order valence-corrected chi connectivity index (χ4v) is 3.37. The van der Waals surface area contributed by atoms with Gasteiger partial charge in [0.25, 0.3) is 0 Å². The Labute approximate surface area is 119 Å². The van der Waals surface area contributed by atoms with E-state index in [1.807, 2.05) is 0 Å². The highest BCUT2D eigenvalue weighted by Gasteiger charge is 2.65. The van der Waals surface area contributed by atoms with Crippen LogP contribution in [0.1, 0.15) is 6.42 Å². The van der Waals surface area contributed by atoms with Crippen LogP contribution >= 0.6 is 0 Å². The van der Waals surface area contributed by atoms with E-state index in [2.05, 4.69) is 10.6 Å². The molecule has 8 N–H and O–H groups in total. The molecule has 11 nitrogen and oxygen atoms in total. The summed E-state index contributed by atoms with van der Waals surface area (Å²) in [4.78, 5) is 12.3. The van der Waals surface area contributed by atoms with E-state index in [0.29, 0.717) is 18.0 Å². The number of aliphatic hydroxyl groups is 1. The quantitative estimate of drug-likeness (QED) is 0.290. The first-order chi connectivity index (χ1) is 9.87. The van der Waals surface area contributed by atoms with Crippen molar-refractivity contribution in [3.8, 4) is 0 Å². The zero-order valence-corrected chi connectivity index (χ0v) is 11.0. The molecule has 3 unspecified atom stereocenters. The van der Waals surface area contributed by atoms with Crippen LogP contribution in [0.5, 0.6) is 0 Å². The van der Waals surface area contributed by atoms with Crippen LogP contribution in [0.3, 0.4) is 0 Å². The van der Waals surface area contributed by atoms with Gasteiger partial charge in [-0.15, -0.1) is 0 Å². The van der Waals surface area contributed by atoms with E-state index in [1.165, 1.54) is 4.90 Å². The highest BCUT2D eigenvalue weighted by Crippen LogP contribution is 2.39. The van der Waals surface area contributed by atoms with Crippen molar-refractivity contribution < 1.29 is 19.8 Å². The normalized spacial score (nSPS) is 37.7. The average Bonchev–Trinajstić information content (AvgIpc) is 2.91. The number of amides is 1. The van der Waals surface area contributed by atoms with Crippen molar-refractivity contribution in [2.45, 2.75) is 30.3 Å². The SMILES string of the molecule is N=C1N[C@H]2C(COC(N)=O)N(O)C(=N)N3CCC(O)C23N1. The number of aliphatic hydroxyl groups excluding tert-OH is 1. The molecule has 0 aliphatic carbocycles. The first-order valence-electron chi connectivity index (χ1n) is 6.45. The van der Waals surface area contributed by atoms with Crippen LogP contribution in [-0.4, -0.2) is 75.3 Å². The molecule has 1 amide bonds. The minimum Gasteiger partial charge on any atom is -0.447 e. The maximum absolute atomic E-state index is 10.8. The van der Waals surface area contributed by atoms with Crippen molar-refractivity contribution in [1.82, 2.24) is 20.6 Å². The number of nitrogens with two attached hydrogens (primary N) is 1. The van der Waals surface area contributed by atoms with Crippen molar-refractivity contribution in [3.05, 3.63) is 0 Å². The first kappa shape index (κ1) is 13.7. The molecule has 0 aromatic carbocycles. The van der Waals surface area contributed by atoms with Crippen LogP contribution in [0.15, 0.2) is 0 Å². The summed E-state index contributed by atoms with van der Waals surface area (Å²) in [6.07, 6.45) is -1.46. The predicted molar refractivity (Wildman–Crippen MR) is 68.5 cm³/mol. The largest absolute Gasteiger partial charge is 0.447 e. The highest BCUT2D eigenvalue weighted by molar-refractivity contribution is 5.86. The number of hydrogen-bond donors (Lipinski definition) is 7. The van der Waals surface area contributed by atoms with Crippen LogP contribution in [0.2, 0.25) is 0 Å². The fourth-order valence-electron chi connectivity index (χ4n) is 3.37. The maximum Gasteiger partial charge on any atom is 0.404 e. The summed E-state index contributed by atoms with van der Waals surface area (Å²) in [7, 11) is 0. The Hall–Kier alpha value is -2.27. The van der Waals surface area contributed by atoms with E-state index in [-0.39, 0.29) is 18.5 Å². The zero-order chi connectivity index (χ0) is 15.4. The molecule has 3 aliphatic heterocycles. The predicted octanol–water partition coefficient (Wildman–Crippen LogP) is -2.65. The van der Waals surface area contributed by atoms with Crippen LogP contribution in [-0.2, 0) is 4.74 Å². The highest BCUT2D eigenvalue weighted by atomic mass is 16.6. The number of carbonyl (C=O) groups is 1. The molecule has 11 heteroatoms. The number of nitrogens with zero attached hydrogens (tertiary/aromatic N) is 2. The number of carbonyl (C=O) groups excluding carboxylic acids is 1. The molecule has 1 spiro atoms. The zero-order valence-electron chi connectivity index (χ0n) is 11.0. The molecule has 21 heavy (non-hydrogen) atoms. The van der Waals surface area contributed by atoms with Crippen molar-refractivity contribution in [2.75, 3.05) is 13.2 Å². The number of hydrogen-bond acceptors (Lipinski definition) is 6. The molecular formula is C10H17N7O4. The van der Waals surface area contributed by atoms with E-state index in [1.54, 1.807) is 0 Å². The smallest absolute Gasteiger partial charge is 0.404 e. The molecule has 0 aromatic heterocycles. The number of primary amides is 1. The van der Waals surface area contributed by atoms with Gasteiger partial charge in [-0.25, -0.2) is 9.86 Å². The van der Waals surface area contributed by atoms with Crippen LogP contribution in [0, 0.1) is 10.8 Å². The molecule has 116 valence electrons. The van der Waals surface area contributed by atoms with E-state index >= 15 is 0 Å².